The summed E-state index contributed by atoms with van der Waals surface area (Å²) in [6.07, 6.45) is 0.651. The molecule has 1 aromatic carbocycles. The minimum Gasteiger partial charge on any atom is -0.508 e. The van der Waals surface area contributed by atoms with Gasteiger partial charge in [-0.1, -0.05) is 18.2 Å². The molecule has 0 saturated heterocycles. The maximum absolute atomic E-state index is 12.3. The lowest BCUT2D eigenvalue weighted by Gasteiger charge is -2.24. The maximum atomic E-state index is 12.3. The largest absolute Gasteiger partial charge is 0.508 e. The summed E-state index contributed by atoms with van der Waals surface area (Å²) < 4.78 is 1.33. The first-order valence-corrected chi connectivity index (χ1v) is 7.41. The first-order chi connectivity index (χ1) is 11.0. The van der Waals surface area contributed by atoms with E-state index in [-0.39, 0.29) is 30.3 Å². The molecule has 2 aromatic rings. The van der Waals surface area contributed by atoms with Crippen molar-refractivity contribution in [2.75, 3.05) is 13.1 Å². The van der Waals surface area contributed by atoms with Gasteiger partial charge < -0.3 is 19.7 Å². The fourth-order valence-corrected chi connectivity index (χ4v) is 2.29. The first-order valence-electron chi connectivity index (χ1n) is 7.41. The van der Waals surface area contributed by atoms with E-state index in [1.165, 1.54) is 27.7 Å². The number of likely N-dealkylation sites (N-methyl/N-ethyl adjacent to an activating group) is 1. The van der Waals surface area contributed by atoms with E-state index in [1.54, 1.807) is 37.4 Å². The van der Waals surface area contributed by atoms with E-state index in [4.69, 9.17) is 0 Å². The van der Waals surface area contributed by atoms with Gasteiger partial charge in [0, 0.05) is 18.8 Å². The van der Waals surface area contributed by atoms with E-state index in [1.807, 2.05) is 0 Å². The smallest absolute Gasteiger partial charge is 0.250 e. The maximum Gasteiger partial charge on any atom is 0.250 e. The van der Waals surface area contributed by atoms with Crippen LogP contribution in [0.4, 0.5) is 0 Å². The Balaban J connectivity index is 2.06. The van der Waals surface area contributed by atoms with Crippen LogP contribution in [0, 0.1) is 0 Å². The van der Waals surface area contributed by atoms with Crippen LogP contribution in [0.5, 0.6) is 5.75 Å². The molecular formula is C17H20N2O4. The van der Waals surface area contributed by atoms with Gasteiger partial charge in [0.2, 0.25) is 5.91 Å². The van der Waals surface area contributed by atoms with Crippen molar-refractivity contribution in [3.8, 4) is 5.75 Å². The third-order valence-electron chi connectivity index (χ3n) is 3.59. The normalized spacial score (nSPS) is 11.9. The molecule has 0 bridgehead atoms. The minimum atomic E-state index is -0.904. The van der Waals surface area contributed by atoms with Gasteiger partial charge >= 0.3 is 0 Å². The molecule has 1 atom stereocenters. The molecule has 0 aliphatic rings. The Hall–Kier alpha value is -2.60. The predicted octanol–water partition coefficient (Wildman–Crippen LogP) is 1.14. The van der Waals surface area contributed by atoms with Gasteiger partial charge in [0.05, 0.1) is 12.6 Å². The molecule has 0 aliphatic heterocycles. The lowest BCUT2D eigenvalue weighted by atomic mass is 10.1. The molecule has 0 spiro atoms. The quantitative estimate of drug-likeness (QED) is 0.837. The Bertz CT molecular complexity index is 726. The van der Waals surface area contributed by atoms with Crippen molar-refractivity contribution >= 4 is 5.91 Å². The third kappa shape index (κ3) is 4.43. The summed E-state index contributed by atoms with van der Waals surface area (Å²) >= 11 is 0. The van der Waals surface area contributed by atoms with Crippen LogP contribution in [0.3, 0.4) is 0 Å². The zero-order chi connectivity index (χ0) is 16.8. The number of hydrogen-bond acceptors (Lipinski definition) is 4. The average Bonchev–Trinajstić information content (AvgIpc) is 2.54. The predicted molar refractivity (Wildman–Crippen MR) is 86.0 cm³/mol. The van der Waals surface area contributed by atoms with Crippen LogP contribution in [0.1, 0.15) is 18.6 Å². The molecule has 0 unspecified atom stereocenters. The van der Waals surface area contributed by atoms with Gasteiger partial charge in [-0.05, 0) is 30.7 Å². The number of pyridine rings is 1. The van der Waals surface area contributed by atoms with E-state index in [0.717, 1.165) is 0 Å². The van der Waals surface area contributed by atoms with E-state index in [2.05, 4.69) is 0 Å². The van der Waals surface area contributed by atoms with Crippen molar-refractivity contribution < 1.29 is 15.0 Å². The molecule has 1 heterocycles. The van der Waals surface area contributed by atoms with E-state index >= 15 is 0 Å². The number of nitrogens with zero attached hydrogens (tertiary/aromatic N) is 2. The molecular weight excluding hydrogens is 296 g/mol. The molecule has 6 nitrogen and oxygen atoms in total. The van der Waals surface area contributed by atoms with Crippen LogP contribution in [-0.4, -0.2) is 38.7 Å². The standard InChI is InChI=1S/C17H20N2O4/c1-2-18(11-15(21)13-6-5-7-14(20)10-13)17(23)12-19-9-4-3-8-16(19)22/h3-10,15,20-21H,2,11-12H2,1H3/t15-/m0/s1. The zero-order valence-corrected chi connectivity index (χ0v) is 12.9. The zero-order valence-electron chi connectivity index (χ0n) is 12.9. The molecule has 1 amide bonds. The number of hydrogen-bond donors (Lipinski definition) is 2. The Morgan fingerprint density at radius 2 is 2.04 bits per heavy atom. The molecule has 0 aliphatic carbocycles. The summed E-state index contributed by atoms with van der Waals surface area (Å²) in [6, 6.07) is 11.0. The highest BCUT2D eigenvalue weighted by molar-refractivity contribution is 5.76. The molecule has 1 aromatic heterocycles. The van der Waals surface area contributed by atoms with Crippen LogP contribution >= 0.6 is 0 Å². The molecule has 6 heteroatoms. The number of amides is 1. The number of rotatable bonds is 6. The third-order valence-corrected chi connectivity index (χ3v) is 3.59. The number of phenols is 1. The highest BCUT2D eigenvalue weighted by Gasteiger charge is 2.18. The number of aromatic hydroxyl groups is 1. The summed E-state index contributed by atoms with van der Waals surface area (Å²) in [5, 5.41) is 19.7. The van der Waals surface area contributed by atoms with Gasteiger partial charge in [0.25, 0.3) is 5.56 Å². The number of aliphatic hydroxyl groups is 1. The second-order valence-electron chi connectivity index (χ2n) is 5.21. The Kier molecular flexibility index (Phi) is 5.54. The number of carbonyl (C=O) groups excluding carboxylic acids is 1. The number of carbonyl (C=O) groups is 1. The van der Waals surface area contributed by atoms with Crippen LogP contribution in [0.25, 0.3) is 0 Å². The molecule has 2 rings (SSSR count). The number of phenolic OH excluding ortho intramolecular Hbond substituents is 1. The van der Waals surface area contributed by atoms with Gasteiger partial charge in [0.15, 0.2) is 0 Å². The van der Waals surface area contributed by atoms with Crippen molar-refractivity contribution in [3.05, 3.63) is 64.6 Å². The molecule has 2 N–H and O–H groups in total. The lowest BCUT2D eigenvalue weighted by molar-refractivity contribution is -0.133. The van der Waals surface area contributed by atoms with E-state index < -0.39 is 6.10 Å². The summed E-state index contributed by atoms with van der Waals surface area (Å²) in [4.78, 5) is 25.5. The van der Waals surface area contributed by atoms with Crippen LogP contribution in [-0.2, 0) is 11.3 Å². The number of benzene rings is 1. The van der Waals surface area contributed by atoms with Gasteiger partial charge in [-0.2, -0.15) is 0 Å². The number of aliphatic hydroxyl groups excluding tert-OH is 1. The van der Waals surface area contributed by atoms with Gasteiger partial charge in [-0.15, -0.1) is 0 Å². The summed E-state index contributed by atoms with van der Waals surface area (Å²) in [6.45, 7) is 2.25. The summed E-state index contributed by atoms with van der Waals surface area (Å²) in [5.74, 6) is -0.188. The molecule has 0 fully saturated rings. The summed E-state index contributed by atoms with van der Waals surface area (Å²) in [5.41, 5.74) is 0.290. The van der Waals surface area contributed by atoms with Gasteiger partial charge in [0.1, 0.15) is 12.3 Å². The highest BCUT2D eigenvalue weighted by Crippen LogP contribution is 2.19. The topological polar surface area (TPSA) is 82.8 Å². The number of aromatic nitrogens is 1. The van der Waals surface area contributed by atoms with E-state index in [9.17, 15) is 19.8 Å². The lowest BCUT2D eigenvalue weighted by Crippen LogP contribution is -2.38. The van der Waals surface area contributed by atoms with E-state index in [0.29, 0.717) is 12.1 Å². The van der Waals surface area contributed by atoms with Crippen molar-refractivity contribution in [2.45, 2.75) is 19.6 Å². The Labute approximate surface area is 134 Å². The second-order valence-corrected chi connectivity index (χ2v) is 5.21. The SMILES string of the molecule is CCN(C[C@H](O)c1cccc(O)c1)C(=O)Cn1ccccc1=O. The molecule has 0 saturated carbocycles. The van der Waals surface area contributed by atoms with Crippen LogP contribution in [0.2, 0.25) is 0 Å². The Morgan fingerprint density at radius 3 is 2.70 bits per heavy atom. The van der Waals surface area contributed by atoms with Crippen LogP contribution < -0.4 is 5.56 Å². The fourth-order valence-electron chi connectivity index (χ4n) is 2.29. The van der Waals surface area contributed by atoms with Crippen LogP contribution in [0.15, 0.2) is 53.5 Å². The van der Waals surface area contributed by atoms with Gasteiger partial charge in [-0.25, -0.2) is 0 Å². The second kappa shape index (κ2) is 7.60. The molecule has 23 heavy (non-hydrogen) atoms. The monoisotopic (exact) mass is 316 g/mol. The first kappa shape index (κ1) is 16.8. The summed E-state index contributed by atoms with van der Waals surface area (Å²) in [7, 11) is 0. The minimum absolute atomic E-state index is 0.0618. The van der Waals surface area contributed by atoms with Crippen molar-refractivity contribution in [1.82, 2.24) is 9.47 Å². The van der Waals surface area contributed by atoms with Gasteiger partial charge in [-0.3, -0.25) is 9.59 Å². The van der Waals surface area contributed by atoms with Crippen molar-refractivity contribution in [2.24, 2.45) is 0 Å². The Morgan fingerprint density at radius 1 is 1.26 bits per heavy atom. The molecule has 122 valence electrons. The average molecular weight is 316 g/mol. The van der Waals surface area contributed by atoms with Crippen molar-refractivity contribution in [3.63, 3.8) is 0 Å². The molecule has 0 radical (unpaired) electrons. The fraction of sp³-hybridized carbons (Fsp3) is 0.294. The van der Waals surface area contributed by atoms with Crippen molar-refractivity contribution in [1.29, 1.82) is 0 Å². The highest BCUT2D eigenvalue weighted by atomic mass is 16.3.